The molecular weight excluding hydrogens is 360 g/mol. The molecule has 0 aliphatic rings. The molecule has 0 unspecified atom stereocenters. The normalized spacial score (nSPS) is 9.69. The van der Waals surface area contributed by atoms with Gasteiger partial charge in [-0.15, -0.1) is 13.2 Å². The van der Waals surface area contributed by atoms with Gasteiger partial charge >= 0.3 is 0 Å². The van der Waals surface area contributed by atoms with Gasteiger partial charge in [0.15, 0.2) is 10.2 Å². The quantitative estimate of drug-likeness (QED) is 0.423. The van der Waals surface area contributed by atoms with Gasteiger partial charge in [-0.25, -0.2) is 0 Å². The molecule has 0 aliphatic carbocycles. The second kappa shape index (κ2) is 10.3. The van der Waals surface area contributed by atoms with Gasteiger partial charge < -0.3 is 21.3 Å². The summed E-state index contributed by atoms with van der Waals surface area (Å²) in [5.41, 5.74) is 4.12. The summed E-state index contributed by atoms with van der Waals surface area (Å²) < 4.78 is 0. The van der Waals surface area contributed by atoms with Gasteiger partial charge in [0.05, 0.1) is 0 Å². The number of hydrogen-bond acceptors (Lipinski definition) is 2. The van der Waals surface area contributed by atoms with E-state index in [4.69, 9.17) is 24.4 Å². The van der Waals surface area contributed by atoms with Crippen molar-refractivity contribution in [3.63, 3.8) is 0 Å². The van der Waals surface area contributed by atoms with E-state index >= 15 is 0 Å². The van der Waals surface area contributed by atoms with Gasteiger partial charge in [-0.05, 0) is 59.8 Å². The molecule has 4 N–H and O–H groups in total. The fourth-order valence-electron chi connectivity index (χ4n) is 2.17. The largest absolute Gasteiger partial charge is 0.359 e. The molecule has 2 aromatic rings. The average Bonchev–Trinajstić information content (AvgIpc) is 2.66. The van der Waals surface area contributed by atoms with Crippen molar-refractivity contribution in [2.24, 2.45) is 0 Å². The zero-order valence-corrected chi connectivity index (χ0v) is 16.1. The van der Waals surface area contributed by atoms with Crippen LogP contribution in [-0.4, -0.2) is 23.3 Å². The fourth-order valence-corrected chi connectivity index (χ4v) is 2.57. The molecule has 0 aromatic heterocycles. The van der Waals surface area contributed by atoms with E-state index in [1.54, 1.807) is 12.2 Å². The van der Waals surface area contributed by atoms with Crippen LogP contribution in [0, 0.1) is 0 Å². The standard InChI is InChI=1S/C20H22N4S2/c1-3-13-21-19(25)23-17-9-5-15(6-10-17)16-7-11-18(12-8-16)24-20(26)22-14-4-2/h3-12H,1-2,13-14H2,(H2,21,23,25)(H2,22,24,26). The van der Waals surface area contributed by atoms with Crippen LogP contribution in [0.25, 0.3) is 11.1 Å². The highest BCUT2D eigenvalue weighted by atomic mass is 32.1. The van der Waals surface area contributed by atoms with E-state index < -0.39 is 0 Å². The molecule has 26 heavy (non-hydrogen) atoms. The summed E-state index contributed by atoms with van der Waals surface area (Å²) in [5.74, 6) is 0. The second-order valence-electron chi connectivity index (χ2n) is 5.40. The van der Waals surface area contributed by atoms with Crippen molar-refractivity contribution in [1.29, 1.82) is 0 Å². The Bertz CT molecular complexity index is 700. The van der Waals surface area contributed by atoms with Crippen molar-refractivity contribution in [2.45, 2.75) is 0 Å². The van der Waals surface area contributed by atoms with Crippen LogP contribution in [0.3, 0.4) is 0 Å². The highest BCUT2D eigenvalue weighted by Gasteiger charge is 2.01. The Morgan fingerprint density at radius 2 is 1.04 bits per heavy atom. The van der Waals surface area contributed by atoms with E-state index in [1.807, 2.05) is 24.3 Å². The van der Waals surface area contributed by atoms with E-state index in [0.29, 0.717) is 23.3 Å². The molecule has 2 aromatic carbocycles. The fraction of sp³-hybridized carbons (Fsp3) is 0.100. The van der Waals surface area contributed by atoms with Gasteiger partial charge in [0.25, 0.3) is 0 Å². The summed E-state index contributed by atoms with van der Waals surface area (Å²) in [4.78, 5) is 0. The number of anilines is 2. The van der Waals surface area contributed by atoms with Crippen LogP contribution in [-0.2, 0) is 0 Å². The number of nitrogens with one attached hydrogen (secondary N) is 4. The zero-order valence-electron chi connectivity index (χ0n) is 14.4. The zero-order chi connectivity index (χ0) is 18.8. The molecule has 134 valence electrons. The first-order valence-electron chi connectivity index (χ1n) is 8.14. The molecule has 0 spiro atoms. The lowest BCUT2D eigenvalue weighted by atomic mass is 10.1. The van der Waals surface area contributed by atoms with Crippen molar-refractivity contribution in [3.05, 3.63) is 73.8 Å². The molecule has 0 heterocycles. The first-order valence-corrected chi connectivity index (χ1v) is 8.96. The van der Waals surface area contributed by atoms with Gasteiger partial charge in [0.2, 0.25) is 0 Å². The molecule has 0 radical (unpaired) electrons. The van der Waals surface area contributed by atoms with Gasteiger partial charge in [0.1, 0.15) is 0 Å². The summed E-state index contributed by atoms with van der Waals surface area (Å²) in [6.45, 7) is 8.57. The Kier molecular flexibility index (Phi) is 7.79. The minimum Gasteiger partial charge on any atom is -0.359 e. The predicted molar refractivity (Wildman–Crippen MR) is 121 cm³/mol. The van der Waals surface area contributed by atoms with Crippen molar-refractivity contribution in [1.82, 2.24) is 10.6 Å². The van der Waals surface area contributed by atoms with Crippen LogP contribution in [0.15, 0.2) is 73.8 Å². The molecule has 0 amide bonds. The predicted octanol–water partition coefficient (Wildman–Crippen LogP) is 4.30. The Balaban J connectivity index is 1.96. The Morgan fingerprint density at radius 1 is 0.692 bits per heavy atom. The van der Waals surface area contributed by atoms with E-state index in [9.17, 15) is 0 Å². The van der Waals surface area contributed by atoms with Gasteiger partial charge in [-0.1, -0.05) is 36.4 Å². The van der Waals surface area contributed by atoms with Gasteiger partial charge in [0, 0.05) is 24.5 Å². The first kappa shape index (κ1) is 19.6. The monoisotopic (exact) mass is 382 g/mol. The minimum atomic E-state index is 0.578. The molecule has 0 aliphatic heterocycles. The van der Waals surface area contributed by atoms with Gasteiger partial charge in [-0.2, -0.15) is 0 Å². The van der Waals surface area contributed by atoms with Crippen LogP contribution >= 0.6 is 24.4 Å². The lowest BCUT2D eigenvalue weighted by Crippen LogP contribution is -2.28. The summed E-state index contributed by atoms with van der Waals surface area (Å²) in [6.07, 6.45) is 3.52. The summed E-state index contributed by atoms with van der Waals surface area (Å²) in [6, 6.07) is 16.2. The maximum absolute atomic E-state index is 5.20. The van der Waals surface area contributed by atoms with E-state index in [1.165, 1.54) is 0 Å². The van der Waals surface area contributed by atoms with Crippen molar-refractivity contribution >= 4 is 46.0 Å². The Hall–Kier alpha value is -2.70. The molecule has 0 bridgehead atoms. The molecule has 6 heteroatoms. The Morgan fingerprint density at radius 3 is 1.35 bits per heavy atom. The van der Waals surface area contributed by atoms with Gasteiger partial charge in [-0.3, -0.25) is 0 Å². The average molecular weight is 383 g/mol. The van der Waals surface area contributed by atoms with Crippen LogP contribution < -0.4 is 21.3 Å². The SMILES string of the molecule is C=CCNC(=S)Nc1ccc(-c2ccc(NC(=S)NCC=C)cc2)cc1. The maximum Gasteiger partial charge on any atom is 0.171 e. The highest BCUT2D eigenvalue weighted by Crippen LogP contribution is 2.23. The van der Waals surface area contributed by atoms with Crippen LogP contribution in [0.1, 0.15) is 0 Å². The number of benzene rings is 2. The van der Waals surface area contributed by atoms with Crippen molar-refractivity contribution in [2.75, 3.05) is 23.7 Å². The van der Waals surface area contributed by atoms with E-state index in [0.717, 1.165) is 22.5 Å². The summed E-state index contributed by atoms with van der Waals surface area (Å²) in [7, 11) is 0. The third-order valence-corrected chi connectivity index (χ3v) is 3.93. The third kappa shape index (κ3) is 6.31. The molecule has 0 atom stereocenters. The Labute approximate surface area is 165 Å². The molecular formula is C20H22N4S2. The lowest BCUT2D eigenvalue weighted by Gasteiger charge is -2.11. The van der Waals surface area contributed by atoms with Crippen molar-refractivity contribution in [3.8, 4) is 11.1 Å². The third-order valence-electron chi connectivity index (χ3n) is 3.43. The molecule has 4 nitrogen and oxygen atoms in total. The van der Waals surface area contributed by atoms with E-state index in [-0.39, 0.29) is 0 Å². The number of hydrogen-bond donors (Lipinski definition) is 4. The first-order chi connectivity index (χ1) is 12.6. The van der Waals surface area contributed by atoms with Crippen LogP contribution in [0.5, 0.6) is 0 Å². The van der Waals surface area contributed by atoms with Crippen LogP contribution in [0.2, 0.25) is 0 Å². The topological polar surface area (TPSA) is 48.1 Å². The maximum atomic E-state index is 5.20. The van der Waals surface area contributed by atoms with Crippen LogP contribution in [0.4, 0.5) is 11.4 Å². The molecule has 0 saturated heterocycles. The highest BCUT2D eigenvalue weighted by molar-refractivity contribution is 7.80. The molecule has 0 fully saturated rings. The van der Waals surface area contributed by atoms with Crippen molar-refractivity contribution < 1.29 is 0 Å². The van der Waals surface area contributed by atoms with E-state index in [2.05, 4.69) is 58.7 Å². The smallest absolute Gasteiger partial charge is 0.171 e. The number of rotatable bonds is 7. The molecule has 2 rings (SSSR count). The number of thiocarbonyl (C=S) groups is 2. The minimum absolute atomic E-state index is 0.578. The summed E-state index contributed by atoms with van der Waals surface area (Å²) in [5, 5.41) is 13.5. The second-order valence-corrected chi connectivity index (χ2v) is 6.22. The lowest BCUT2D eigenvalue weighted by molar-refractivity contribution is 1.06. The summed E-state index contributed by atoms with van der Waals surface area (Å²) >= 11 is 10.4. The molecule has 0 saturated carbocycles.